The molecule has 1 saturated heterocycles. The van der Waals surface area contributed by atoms with Crippen molar-refractivity contribution in [3.05, 3.63) is 35.8 Å². The fourth-order valence-electron chi connectivity index (χ4n) is 2.95. The zero-order chi connectivity index (χ0) is 18.9. The molecule has 2 N–H and O–H groups in total. The maximum Gasteiger partial charge on any atom is 0.417 e. The lowest BCUT2D eigenvalue weighted by Crippen LogP contribution is -2.45. The van der Waals surface area contributed by atoms with Crippen LogP contribution in [0.5, 0.6) is 0 Å². The fourth-order valence-corrected chi connectivity index (χ4v) is 2.95. The van der Waals surface area contributed by atoms with E-state index in [4.69, 9.17) is 5.73 Å². The van der Waals surface area contributed by atoms with Crippen LogP contribution in [0.2, 0.25) is 0 Å². The Morgan fingerprint density at radius 2 is 2.04 bits per heavy atom. The van der Waals surface area contributed by atoms with Gasteiger partial charge >= 0.3 is 6.18 Å². The van der Waals surface area contributed by atoms with Crippen molar-refractivity contribution < 1.29 is 18.0 Å². The third kappa shape index (κ3) is 5.33. The van der Waals surface area contributed by atoms with Crippen molar-refractivity contribution in [1.82, 2.24) is 24.9 Å². The number of amides is 1. The fraction of sp³-hybridized carbons (Fsp3) is 0.500. The molecule has 1 aliphatic rings. The van der Waals surface area contributed by atoms with Gasteiger partial charge in [0.1, 0.15) is 0 Å². The molecule has 2 aromatic heterocycles. The summed E-state index contributed by atoms with van der Waals surface area (Å²) in [5.74, 6) is 0.115. The predicted molar refractivity (Wildman–Crippen MR) is 101 cm³/mol. The molecule has 0 aliphatic carbocycles. The summed E-state index contributed by atoms with van der Waals surface area (Å²) in [6.45, 7) is 3.10. The standard InChI is InChI=1S/C16H19F3N6O.2ClH/c1-10(20)11-3-2-6-24(8-11)15(26)13-9-25(23-22-13)14-5-4-12(7-21-14)16(17,18)19;;/h4-5,7,9-11H,2-3,6,8,20H2,1H3;2*1H. The maximum atomic E-state index is 12.6. The van der Waals surface area contributed by atoms with Crippen molar-refractivity contribution >= 4 is 30.7 Å². The number of carbonyl (C=O) groups excluding carboxylic acids is 1. The zero-order valence-electron chi connectivity index (χ0n) is 15.0. The monoisotopic (exact) mass is 440 g/mol. The van der Waals surface area contributed by atoms with Gasteiger partial charge in [-0.2, -0.15) is 13.2 Å². The van der Waals surface area contributed by atoms with Crippen LogP contribution in [0.3, 0.4) is 0 Å². The van der Waals surface area contributed by atoms with E-state index in [1.165, 1.54) is 16.9 Å². The Kier molecular flexibility index (Phi) is 8.21. The smallest absolute Gasteiger partial charge is 0.337 e. The molecule has 0 radical (unpaired) electrons. The minimum atomic E-state index is -4.46. The van der Waals surface area contributed by atoms with Gasteiger partial charge in [0.2, 0.25) is 0 Å². The number of nitrogens with zero attached hydrogens (tertiary/aromatic N) is 5. The lowest BCUT2D eigenvalue weighted by Gasteiger charge is -2.34. The van der Waals surface area contributed by atoms with Crippen LogP contribution in [0.1, 0.15) is 35.8 Å². The predicted octanol–water partition coefficient (Wildman–Crippen LogP) is 2.72. The summed E-state index contributed by atoms with van der Waals surface area (Å²) in [7, 11) is 0. The molecule has 0 aromatic carbocycles. The molecule has 2 aromatic rings. The van der Waals surface area contributed by atoms with E-state index >= 15 is 0 Å². The summed E-state index contributed by atoms with van der Waals surface area (Å²) in [5, 5.41) is 7.64. The number of piperidine rings is 1. The Labute approximate surface area is 172 Å². The number of hydrogen-bond acceptors (Lipinski definition) is 5. The molecule has 156 valence electrons. The van der Waals surface area contributed by atoms with Gasteiger partial charge < -0.3 is 10.6 Å². The van der Waals surface area contributed by atoms with E-state index < -0.39 is 11.7 Å². The number of halogens is 5. The first kappa shape index (κ1) is 24.1. The van der Waals surface area contributed by atoms with E-state index in [0.717, 1.165) is 25.1 Å². The van der Waals surface area contributed by atoms with E-state index in [9.17, 15) is 18.0 Å². The number of pyridine rings is 1. The minimum absolute atomic E-state index is 0. The molecule has 0 bridgehead atoms. The topological polar surface area (TPSA) is 89.9 Å². The number of carbonyl (C=O) groups is 1. The number of nitrogens with two attached hydrogens (primary N) is 1. The lowest BCUT2D eigenvalue weighted by atomic mass is 9.92. The molecular formula is C16H21Cl2F3N6O. The maximum absolute atomic E-state index is 12.6. The highest BCUT2D eigenvalue weighted by atomic mass is 35.5. The first-order valence-corrected chi connectivity index (χ1v) is 8.26. The van der Waals surface area contributed by atoms with E-state index in [1.807, 2.05) is 6.92 Å². The van der Waals surface area contributed by atoms with Gasteiger partial charge in [0.25, 0.3) is 5.91 Å². The molecule has 3 rings (SSSR count). The number of alkyl halides is 3. The van der Waals surface area contributed by atoms with Crippen molar-refractivity contribution in [3.63, 3.8) is 0 Å². The number of hydrogen-bond donors (Lipinski definition) is 1. The molecule has 1 amide bonds. The second-order valence-electron chi connectivity index (χ2n) is 6.46. The van der Waals surface area contributed by atoms with Crippen LogP contribution >= 0.6 is 24.8 Å². The molecule has 28 heavy (non-hydrogen) atoms. The Morgan fingerprint density at radius 3 is 2.61 bits per heavy atom. The van der Waals surface area contributed by atoms with Gasteiger partial charge in [-0.15, -0.1) is 29.9 Å². The lowest BCUT2D eigenvalue weighted by molar-refractivity contribution is -0.137. The molecular weight excluding hydrogens is 420 g/mol. The summed E-state index contributed by atoms with van der Waals surface area (Å²) in [6, 6.07) is 2.08. The molecule has 2 unspecified atom stereocenters. The summed E-state index contributed by atoms with van der Waals surface area (Å²) in [6.07, 6.45) is -0.528. The van der Waals surface area contributed by atoms with E-state index in [2.05, 4.69) is 15.3 Å². The molecule has 3 heterocycles. The second-order valence-corrected chi connectivity index (χ2v) is 6.46. The van der Waals surface area contributed by atoms with Crippen LogP contribution in [0.25, 0.3) is 5.82 Å². The van der Waals surface area contributed by atoms with Crippen LogP contribution in [0.15, 0.2) is 24.5 Å². The largest absolute Gasteiger partial charge is 0.417 e. The third-order valence-electron chi connectivity index (χ3n) is 4.51. The van der Waals surface area contributed by atoms with Gasteiger partial charge in [0, 0.05) is 25.3 Å². The normalized spacial score (nSPS) is 18.0. The minimum Gasteiger partial charge on any atom is -0.337 e. The van der Waals surface area contributed by atoms with Gasteiger partial charge in [0.15, 0.2) is 11.5 Å². The molecule has 12 heteroatoms. The van der Waals surface area contributed by atoms with Crippen molar-refractivity contribution in [2.24, 2.45) is 11.7 Å². The molecule has 0 spiro atoms. The van der Waals surface area contributed by atoms with Crippen LogP contribution < -0.4 is 5.73 Å². The molecule has 7 nitrogen and oxygen atoms in total. The highest BCUT2D eigenvalue weighted by Crippen LogP contribution is 2.28. The quantitative estimate of drug-likeness (QED) is 0.792. The van der Waals surface area contributed by atoms with E-state index in [-0.39, 0.29) is 54.2 Å². The van der Waals surface area contributed by atoms with Gasteiger partial charge in [-0.1, -0.05) is 5.21 Å². The van der Waals surface area contributed by atoms with Crippen LogP contribution in [-0.4, -0.2) is 49.9 Å². The van der Waals surface area contributed by atoms with Gasteiger partial charge in [-0.25, -0.2) is 9.67 Å². The Hall–Kier alpha value is -1.91. The molecule has 0 saturated carbocycles. The zero-order valence-corrected chi connectivity index (χ0v) is 16.6. The van der Waals surface area contributed by atoms with E-state index in [1.54, 1.807) is 4.90 Å². The van der Waals surface area contributed by atoms with Gasteiger partial charge in [-0.05, 0) is 37.8 Å². The highest BCUT2D eigenvalue weighted by Gasteiger charge is 2.31. The first-order valence-electron chi connectivity index (χ1n) is 8.26. The highest BCUT2D eigenvalue weighted by molar-refractivity contribution is 5.92. The van der Waals surface area contributed by atoms with E-state index in [0.29, 0.717) is 13.1 Å². The average Bonchev–Trinajstić information content (AvgIpc) is 3.10. The summed E-state index contributed by atoms with van der Waals surface area (Å²) in [5.41, 5.74) is 5.20. The molecule has 2 atom stereocenters. The van der Waals surface area contributed by atoms with Gasteiger partial charge in [0.05, 0.1) is 11.8 Å². The SMILES string of the molecule is CC(N)C1CCCN(C(=O)c2cn(-c3ccc(C(F)(F)F)cn3)nn2)C1.Cl.Cl. The molecule has 1 fully saturated rings. The summed E-state index contributed by atoms with van der Waals surface area (Å²) >= 11 is 0. The second kappa shape index (κ2) is 9.53. The van der Waals surface area contributed by atoms with Crippen molar-refractivity contribution in [2.45, 2.75) is 32.0 Å². The number of likely N-dealkylation sites (tertiary alicyclic amines) is 1. The number of aromatic nitrogens is 4. The number of rotatable bonds is 3. The van der Waals surface area contributed by atoms with Crippen molar-refractivity contribution in [3.8, 4) is 5.82 Å². The summed E-state index contributed by atoms with van der Waals surface area (Å²) in [4.78, 5) is 18.0. The first-order chi connectivity index (χ1) is 12.3. The van der Waals surface area contributed by atoms with Crippen LogP contribution in [0, 0.1) is 5.92 Å². The van der Waals surface area contributed by atoms with Gasteiger partial charge in [-0.3, -0.25) is 4.79 Å². The Balaban J connectivity index is 0.00000196. The summed E-state index contributed by atoms with van der Waals surface area (Å²) < 4.78 is 39.0. The third-order valence-corrected chi connectivity index (χ3v) is 4.51. The average molecular weight is 441 g/mol. The Bertz CT molecular complexity index is 781. The van der Waals surface area contributed by atoms with Crippen molar-refractivity contribution in [2.75, 3.05) is 13.1 Å². The van der Waals surface area contributed by atoms with Crippen LogP contribution in [0.4, 0.5) is 13.2 Å². The Morgan fingerprint density at radius 1 is 1.32 bits per heavy atom. The molecule has 1 aliphatic heterocycles. The van der Waals surface area contributed by atoms with Crippen LogP contribution in [-0.2, 0) is 6.18 Å². The van der Waals surface area contributed by atoms with Crippen molar-refractivity contribution in [1.29, 1.82) is 0 Å².